The van der Waals surface area contributed by atoms with E-state index in [1.54, 1.807) is 24.3 Å². The first-order valence-electron chi connectivity index (χ1n) is 6.13. The van der Waals surface area contributed by atoms with Gasteiger partial charge in [-0.1, -0.05) is 19.9 Å². The Morgan fingerprint density at radius 2 is 2.21 bits per heavy atom. The molecule has 1 aromatic carbocycles. The molecule has 0 saturated carbocycles. The molecule has 0 aliphatic rings. The maximum atomic E-state index is 11.7. The summed E-state index contributed by atoms with van der Waals surface area (Å²) in [6.45, 7) is 4.51. The van der Waals surface area contributed by atoms with Crippen LogP contribution in [0.3, 0.4) is 0 Å². The standard InChI is InChI=1S/C14H19N3O2/c1-14(2,6-7-18)10-16-13(19)17-12-5-3-4-11(8-12)9-15/h3-5,8,18H,6-7,10H2,1-2H3,(H2,16,17,19). The summed E-state index contributed by atoms with van der Waals surface area (Å²) >= 11 is 0. The van der Waals surface area contributed by atoms with E-state index in [-0.39, 0.29) is 18.1 Å². The van der Waals surface area contributed by atoms with E-state index in [9.17, 15) is 4.79 Å². The van der Waals surface area contributed by atoms with Gasteiger partial charge in [-0.05, 0) is 30.0 Å². The number of carbonyl (C=O) groups excluding carboxylic acids is 1. The van der Waals surface area contributed by atoms with Crippen LogP contribution >= 0.6 is 0 Å². The van der Waals surface area contributed by atoms with E-state index in [2.05, 4.69) is 10.6 Å². The number of carbonyl (C=O) groups is 1. The third-order valence-electron chi connectivity index (χ3n) is 2.77. The molecule has 19 heavy (non-hydrogen) atoms. The van der Waals surface area contributed by atoms with Crippen LogP contribution in [0.2, 0.25) is 0 Å². The summed E-state index contributed by atoms with van der Waals surface area (Å²) in [5.41, 5.74) is 0.926. The topological polar surface area (TPSA) is 85.2 Å². The van der Waals surface area contributed by atoms with Crippen LogP contribution in [0.1, 0.15) is 25.8 Å². The van der Waals surface area contributed by atoms with E-state index in [1.165, 1.54) is 0 Å². The Morgan fingerprint density at radius 3 is 2.84 bits per heavy atom. The Kier molecular flexibility index (Phi) is 5.34. The first kappa shape index (κ1) is 15.0. The van der Waals surface area contributed by atoms with Gasteiger partial charge in [0.15, 0.2) is 0 Å². The predicted molar refractivity (Wildman–Crippen MR) is 73.7 cm³/mol. The van der Waals surface area contributed by atoms with E-state index in [4.69, 9.17) is 10.4 Å². The fourth-order valence-corrected chi connectivity index (χ4v) is 1.55. The van der Waals surface area contributed by atoms with Crippen molar-refractivity contribution in [2.75, 3.05) is 18.5 Å². The van der Waals surface area contributed by atoms with Crippen LogP contribution in [0.15, 0.2) is 24.3 Å². The van der Waals surface area contributed by atoms with Crippen molar-refractivity contribution in [3.8, 4) is 6.07 Å². The SMILES string of the molecule is CC(C)(CCO)CNC(=O)Nc1cccc(C#N)c1. The molecule has 0 heterocycles. The first-order chi connectivity index (χ1) is 8.96. The minimum Gasteiger partial charge on any atom is -0.396 e. The number of nitriles is 1. The molecule has 0 saturated heterocycles. The summed E-state index contributed by atoms with van der Waals surface area (Å²) < 4.78 is 0. The monoisotopic (exact) mass is 261 g/mol. The predicted octanol–water partition coefficient (Wildman–Crippen LogP) is 2.09. The van der Waals surface area contributed by atoms with Crippen LogP contribution in [0, 0.1) is 16.7 Å². The lowest BCUT2D eigenvalue weighted by Gasteiger charge is -2.23. The number of rotatable bonds is 5. The van der Waals surface area contributed by atoms with Crippen molar-refractivity contribution in [3.05, 3.63) is 29.8 Å². The molecule has 0 spiro atoms. The van der Waals surface area contributed by atoms with Crippen LogP contribution in [0.4, 0.5) is 10.5 Å². The minimum atomic E-state index is -0.318. The number of aliphatic hydroxyl groups is 1. The number of amides is 2. The van der Waals surface area contributed by atoms with Gasteiger partial charge in [0.2, 0.25) is 0 Å². The van der Waals surface area contributed by atoms with Gasteiger partial charge in [-0.15, -0.1) is 0 Å². The Balaban J connectivity index is 2.49. The quantitative estimate of drug-likeness (QED) is 0.758. The van der Waals surface area contributed by atoms with Gasteiger partial charge in [0.05, 0.1) is 11.6 Å². The van der Waals surface area contributed by atoms with E-state index >= 15 is 0 Å². The van der Waals surface area contributed by atoms with E-state index in [1.807, 2.05) is 19.9 Å². The summed E-state index contributed by atoms with van der Waals surface area (Å²) in [4.78, 5) is 11.7. The van der Waals surface area contributed by atoms with Crippen LogP contribution in [0.25, 0.3) is 0 Å². The van der Waals surface area contributed by atoms with Gasteiger partial charge in [-0.3, -0.25) is 0 Å². The van der Waals surface area contributed by atoms with Gasteiger partial charge in [0, 0.05) is 18.8 Å². The molecule has 0 fully saturated rings. The Hall–Kier alpha value is -2.06. The number of aliphatic hydroxyl groups excluding tert-OH is 1. The highest BCUT2D eigenvalue weighted by atomic mass is 16.3. The molecule has 5 nitrogen and oxygen atoms in total. The fourth-order valence-electron chi connectivity index (χ4n) is 1.55. The van der Waals surface area contributed by atoms with Crippen LogP contribution in [-0.4, -0.2) is 24.3 Å². The van der Waals surface area contributed by atoms with Crippen LogP contribution in [-0.2, 0) is 0 Å². The lowest BCUT2D eigenvalue weighted by Crippen LogP contribution is -2.37. The van der Waals surface area contributed by atoms with Gasteiger partial charge in [-0.2, -0.15) is 5.26 Å². The zero-order valence-electron chi connectivity index (χ0n) is 11.2. The number of hydrogen-bond acceptors (Lipinski definition) is 3. The van der Waals surface area contributed by atoms with Crippen molar-refractivity contribution < 1.29 is 9.90 Å². The van der Waals surface area contributed by atoms with Crippen molar-refractivity contribution in [3.63, 3.8) is 0 Å². The average Bonchev–Trinajstić information content (AvgIpc) is 2.37. The summed E-state index contributed by atoms with van der Waals surface area (Å²) in [5.74, 6) is 0. The third kappa shape index (κ3) is 5.40. The molecule has 5 heteroatoms. The largest absolute Gasteiger partial charge is 0.396 e. The maximum Gasteiger partial charge on any atom is 0.319 e. The molecular weight excluding hydrogens is 242 g/mol. The molecule has 0 bridgehead atoms. The second-order valence-corrected chi connectivity index (χ2v) is 5.14. The van der Waals surface area contributed by atoms with Crippen molar-refractivity contribution in [2.24, 2.45) is 5.41 Å². The smallest absolute Gasteiger partial charge is 0.319 e. The third-order valence-corrected chi connectivity index (χ3v) is 2.77. The normalized spacial score (nSPS) is 10.6. The number of nitrogens with zero attached hydrogens (tertiary/aromatic N) is 1. The fraction of sp³-hybridized carbons (Fsp3) is 0.429. The van der Waals surface area contributed by atoms with Gasteiger partial charge >= 0.3 is 6.03 Å². The van der Waals surface area contributed by atoms with Crippen LogP contribution < -0.4 is 10.6 Å². The van der Waals surface area contributed by atoms with E-state index in [0.717, 1.165) is 0 Å². The molecule has 1 rings (SSSR count). The summed E-state index contributed by atoms with van der Waals surface area (Å²) in [6, 6.07) is 8.41. The van der Waals surface area contributed by atoms with E-state index in [0.29, 0.717) is 24.2 Å². The zero-order chi connectivity index (χ0) is 14.3. The average molecular weight is 261 g/mol. The first-order valence-corrected chi connectivity index (χ1v) is 6.13. The molecule has 0 radical (unpaired) electrons. The molecule has 102 valence electrons. The van der Waals surface area contributed by atoms with Crippen molar-refractivity contribution in [1.82, 2.24) is 5.32 Å². The molecule has 3 N–H and O–H groups in total. The van der Waals surface area contributed by atoms with Gasteiger partial charge in [0.25, 0.3) is 0 Å². The Bertz CT molecular complexity index is 478. The lowest BCUT2D eigenvalue weighted by molar-refractivity contribution is 0.204. The van der Waals surface area contributed by atoms with Gasteiger partial charge in [0.1, 0.15) is 0 Å². The minimum absolute atomic E-state index is 0.0977. The maximum absolute atomic E-state index is 11.7. The molecule has 0 unspecified atom stereocenters. The van der Waals surface area contributed by atoms with Crippen LogP contribution in [0.5, 0.6) is 0 Å². The molecule has 1 aromatic rings. The molecule has 0 aliphatic carbocycles. The number of benzene rings is 1. The second kappa shape index (κ2) is 6.76. The highest BCUT2D eigenvalue weighted by Gasteiger charge is 2.18. The van der Waals surface area contributed by atoms with Crippen molar-refractivity contribution >= 4 is 11.7 Å². The van der Waals surface area contributed by atoms with Gasteiger partial charge < -0.3 is 15.7 Å². The number of anilines is 1. The molecule has 0 aromatic heterocycles. The van der Waals surface area contributed by atoms with Crippen molar-refractivity contribution in [2.45, 2.75) is 20.3 Å². The number of nitrogens with one attached hydrogen (secondary N) is 2. The summed E-state index contributed by atoms with van der Waals surface area (Å²) in [6.07, 6.45) is 0.622. The molecular formula is C14H19N3O2. The highest BCUT2D eigenvalue weighted by Crippen LogP contribution is 2.18. The Morgan fingerprint density at radius 1 is 1.47 bits per heavy atom. The van der Waals surface area contributed by atoms with Gasteiger partial charge in [-0.25, -0.2) is 4.79 Å². The molecule has 0 atom stereocenters. The zero-order valence-corrected chi connectivity index (χ0v) is 11.2. The Labute approximate surface area is 113 Å². The molecule has 2 amide bonds. The van der Waals surface area contributed by atoms with Crippen molar-refractivity contribution in [1.29, 1.82) is 5.26 Å². The summed E-state index contributed by atoms with van der Waals surface area (Å²) in [7, 11) is 0. The van der Waals surface area contributed by atoms with E-state index < -0.39 is 0 Å². The number of hydrogen-bond donors (Lipinski definition) is 3. The highest BCUT2D eigenvalue weighted by molar-refractivity contribution is 5.89. The summed E-state index contributed by atoms with van der Waals surface area (Å²) in [5, 5.41) is 23.1. The number of urea groups is 1. The molecule has 0 aliphatic heterocycles. The lowest BCUT2D eigenvalue weighted by atomic mass is 9.90. The second-order valence-electron chi connectivity index (χ2n) is 5.14.